The molecule has 8 heteroatoms. The standard InChI is InChI=1S/C25H35NO7/c1-6-21(12-13-30-15-20-10-8-7-9-11-20)33-23(14-19(4)32-17-29-5)24(27)26-22(18(2)3)16-31-25(26)28/h6-11,18,21-23H,1,4,12-17H2,2-3,5H3/t21-,22+,23+/m1/s1. The molecule has 1 aliphatic rings. The highest BCUT2D eigenvalue weighted by atomic mass is 16.7. The van der Waals surface area contributed by atoms with Crippen molar-refractivity contribution in [3.8, 4) is 0 Å². The Hall–Kier alpha value is -2.68. The lowest BCUT2D eigenvalue weighted by Gasteiger charge is -2.29. The van der Waals surface area contributed by atoms with Crippen LogP contribution in [-0.2, 0) is 35.1 Å². The number of nitrogens with zero attached hydrogens (tertiary/aromatic N) is 1. The Bertz CT molecular complexity index is 780. The molecule has 33 heavy (non-hydrogen) atoms. The zero-order chi connectivity index (χ0) is 24.2. The van der Waals surface area contributed by atoms with Crippen LogP contribution in [0, 0.1) is 5.92 Å². The first-order chi connectivity index (χ1) is 15.9. The van der Waals surface area contributed by atoms with Gasteiger partial charge in [-0.3, -0.25) is 4.79 Å². The molecular weight excluding hydrogens is 426 g/mol. The van der Waals surface area contributed by atoms with Gasteiger partial charge in [0.05, 0.1) is 24.5 Å². The number of ether oxygens (including phenoxy) is 5. The average molecular weight is 462 g/mol. The second-order valence-corrected chi connectivity index (χ2v) is 8.12. The minimum Gasteiger partial charge on any atom is -0.472 e. The first-order valence-corrected chi connectivity index (χ1v) is 11.1. The van der Waals surface area contributed by atoms with Gasteiger partial charge in [-0.1, -0.05) is 56.8 Å². The Labute approximate surface area is 196 Å². The average Bonchev–Trinajstić information content (AvgIpc) is 3.20. The highest BCUT2D eigenvalue weighted by molar-refractivity contribution is 5.96. The highest BCUT2D eigenvalue weighted by Crippen LogP contribution is 2.24. The van der Waals surface area contributed by atoms with Crippen LogP contribution in [0.15, 0.2) is 55.3 Å². The summed E-state index contributed by atoms with van der Waals surface area (Å²) in [4.78, 5) is 26.8. The van der Waals surface area contributed by atoms with Gasteiger partial charge in [0.1, 0.15) is 12.7 Å². The van der Waals surface area contributed by atoms with Gasteiger partial charge in [0.25, 0.3) is 5.91 Å². The predicted octanol–water partition coefficient (Wildman–Crippen LogP) is 4.06. The van der Waals surface area contributed by atoms with E-state index in [9.17, 15) is 9.59 Å². The number of hydrogen-bond donors (Lipinski definition) is 0. The lowest BCUT2D eigenvalue weighted by atomic mass is 10.0. The second-order valence-electron chi connectivity index (χ2n) is 8.12. The molecule has 0 N–H and O–H groups in total. The molecule has 1 fully saturated rings. The third kappa shape index (κ3) is 8.31. The Morgan fingerprint density at radius 3 is 2.67 bits per heavy atom. The number of cyclic esters (lactones) is 1. The molecule has 8 nitrogen and oxygen atoms in total. The van der Waals surface area contributed by atoms with Crippen molar-refractivity contribution in [2.24, 2.45) is 5.92 Å². The summed E-state index contributed by atoms with van der Waals surface area (Å²) in [5.74, 6) is -0.141. The third-order valence-corrected chi connectivity index (χ3v) is 5.24. The Morgan fingerprint density at radius 1 is 1.30 bits per heavy atom. The molecule has 0 saturated carbocycles. The largest absolute Gasteiger partial charge is 0.472 e. The molecule has 1 aromatic rings. The van der Waals surface area contributed by atoms with Crippen molar-refractivity contribution >= 4 is 12.0 Å². The Kier molecular flexibility index (Phi) is 11.1. The molecule has 2 rings (SSSR count). The van der Waals surface area contributed by atoms with E-state index in [1.165, 1.54) is 7.11 Å². The number of methoxy groups -OCH3 is 1. The summed E-state index contributed by atoms with van der Waals surface area (Å²) in [6.07, 6.45) is 0.0273. The molecule has 1 aromatic carbocycles. The maximum Gasteiger partial charge on any atom is 0.417 e. The highest BCUT2D eigenvalue weighted by Gasteiger charge is 2.43. The fourth-order valence-corrected chi connectivity index (χ4v) is 3.35. The summed E-state index contributed by atoms with van der Waals surface area (Å²) >= 11 is 0. The number of carbonyl (C=O) groups excluding carboxylic acids is 2. The number of benzene rings is 1. The molecule has 1 saturated heterocycles. The second kappa shape index (κ2) is 13.8. The molecule has 0 unspecified atom stereocenters. The number of imide groups is 1. The monoisotopic (exact) mass is 461 g/mol. The lowest BCUT2D eigenvalue weighted by Crippen LogP contribution is -2.48. The summed E-state index contributed by atoms with van der Waals surface area (Å²) < 4.78 is 27.2. The van der Waals surface area contributed by atoms with E-state index >= 15 is 0 Å². The normalized spacial score (nSPS) is 17.5. The van der Waals surface area contributed by atoms with Gasteiger partial charge in [0, 0.05) is 26.6 Å². The van der Waals surface area contributed by atoms with Gasteiger partial charge >= 0.3 is 6.09 Å². The van der Waals surface area contributed by atoms with Gasteiger partial charge in [-0.15, -0.1) is 6.58 Å². The number of hydrogen-bond acceptors (Lipinski definition) is 7. The van der Waals surface area contributed by atoms with Gasteiger partial charge in [0.2, 0.25) is 0 Å². The van der Waals surface area contributed by atoms with Crippen LogP contribution >= 0.6 is 0 Å². The fourth-order valence-electron chi connectivity index (χ4n) is 3.35. The van der Waals surface area contributed by atoms with Crippen LogP contribution in [0.4, 0.5) is 4.79 Å². The van der Waals surface area contributed by atoms with Crippen molar-refractivity contribution in [2.75, 3.05) is 27.1 Å². The van der Waals surface area contributed by atoms with E-state index in [2.05, 4.69) is 13.2 Å². The first kappa shape index (κ1) is 26.6. The SMILES string of the molecule is C=C[C@H](CCOCc1ccccc1)O[C@@H](CC(=C)OCOC)C(=O)N1C(=O)OC[C@H]1C(C)C. The molecule has 0 aliphatic carbocycles. The van der Waals surface area contributed by atoms with E-state index in [4.69, 9.17) is 23.7 Å². The molecule has 1 heterocycles. The number of rotatable bonds is 15. The predicted molar refractivity (Wildman–Crippen MR) is 123 cm³/mol. The summed E-state index contributed by atoms with van der Waals surface area (Å²) in [6.45, 7) is 12.6. The van der Waals surface area contributed by atoms with Crippen molar-refractivity contribution in [1.82, 2.24) is 4.90 Å². The van der Waals surface area contributed by atoms with Crippen molar-refractivity contribution in [1.29, 1.82) is 0 Å². The summed E-state index contributed by atoms with van der Waals surface area (Å²) in [7, 11) is 1.49. The minimum absolute atomic E-state index is 0.00166. The van der Waals surface area contributed by atoms with Crippen molar-refractivity contribution in [2.45, 2.75) is 51.5 Å². The molecule has 0 spiro atoms. The molecule has 182 valence electrons. The molecule has 0 bridgehead atoms. The van der Waals surface area contributed by atoms with E-state index in [1.807, 2.05) is 44.2 Å². The number of carbonyl (C=O) groups is 2. The summed E-state index contributed by atoms with van der Waals surface area (Å²) in [5.41, 5.74) is 1.07. The van der Waals surface area contributed by atoms with E-state index in [-0.39, 0.29) is 31.8 Å². The quantitative estimate of drug-likeness (QED) is 0.169. The molecule has 0 aromatic heterocycles. The van der Waals surface area contributed by atoms with E-state index in [0.29, 0.717) is 25.4 Å². The molecule has 3 atom stereocenters. The van der Waals surface area contributed by atoms with Crippen LogP contribution in [0.1, 0.15) is 32.3 Å². The zero-order valence-electron chi connectivity index (χ0n) is 19.7. The summed E-state index contributed by atoms with van der Waals surface area (Å²) in [5, 5.41) is 0. The number of amides is 2. The van der Waals surface area contributed by atoms with Crippen LogP contribution in [-0.4, -0.2) is 62.3 Å². The van der Waals surface area contributed by atoms with Crippen molar-refractivity contribution < 1.29 is 33.3 Å². The van der Waals surface area contributed by atoms with Gasteiger partial charge in [-0.25, -0.2) is 9.69 Å². The third-order valence-electron chi connectivity index (χ3n) is 5.24. The first-order valence-electron chi connectivity index (χ1n) is 11.1. The van der Waals surface area contributed by atoms with Crippen LogP contribution in [0.3, 0.4) is 0 Å². The van der Waals surface area contributed by atoms with Crippen LogP contribution < -0.4 is 0 Å². The zero-order valence-corrected chi connectivity index (χ0v) is 19.7. The summed E-state index contributed by atoms with van der Waals surface area (Å²) in [6, 6.07) is 9.48. The maximum absolute atomic E-state index is 13.4. The molecule has 0 radical (unpaired) electrons. The molecule has 1 aliphatic heterocycles. The van der Waals surface area contributed by atoms with Crippen LogP contribution in [0.2, 0.25) is 0 Å². The van der Waals surface area contributed by atoms with E-state index in [0.717, 1.165) is 10.5 Å². The Balaban J connectivity index is 2.03. The topological polar surface area (TPSA) is 83.5 Å². The Morgan fingerprint density at radius 2 is 2.03 bits per heavy atom. The maximum atomic E-state index is 13.4. The minimum atomic E-state index is -1.00. The van der Waals surface area contributed by atoms with Gasteiger partial charge in [0.15, 0.2) is 6.79 Å². The lowest BCUT2D eigenvalue weighted by molar-refractivity contribution is -0.146. The van der Waals surface area contributed by atoms with Gasteiger partial charge in [-0.05, 0) is 11.5 Å². The van der Waals surface area contributed by atoms with E-state index in [1.54, 1.807) is 6.08 Å². The van der Waals surface area contributed by atoms with Gasteiger partial charge < -0.3 is 23.7 Å². The van der Waals surface area contributed by atoms with Crippen LogP contribution in [0.25, 0.3) is 0 Å². The molecule has 2 amide bonds. The van der Waals surface area contributed by atoms with Crippen LogP contribution in [0.5, 0.6) is 0 Å². The van der Waals surface area contributed by atoms with Crippen molar-refractivity contribution in [3.05, 3.63) is 60.9 Å². The van der Waals surface area contributed by atoms with Gasteiger partial charge in [-0.2, -0.15) is 0 Å². The smallest absolute Gasteiger partial charge is 0.417 e. The van der Waals surface area contributed by atoms with Crippen molar-refractivity contribution in [3.63, 3.8) is 0 Å². The van der Waals surface area contributed by atoms with E-state index < -0.39 is 24.2 Å². The fraction of sp³-hybridized carbons (Fsp3) is 0.520. The molecular formula is C25H35NO7.